The number of benzene rings is 1. The van der Waals surface area contributed by atoms with Gasteiger partial charge in [0.15, 0.2) is 0 Å². The molecule has 0 unspecified atom stereocenters. The summed E-state index contributed by atoms with van der Waals surface area (Å²) < 4.78 is 1.48. The van der Waals surface area contributed by atoms with Crippen molar-refractivity contribution in [2.75, 3.05) is 25.5 Å². The van der Waals surface area contributed by atoms with Crippen LogP contribution in [-0.4, -0.2) is 29.7 Å². The topological polar surface area (TPSA) is 58.9 Å². The quantitative estimate of drug-likeness (QED) is 0.756. The normalized spacial score (nSPS) is 10.7. The van der Waals surface area contributed by atoms with Crippen LogP contribution in [0.15, 0.2) is 29.3 Å². The number of hydrogen-bond acceptors (Lipinski definition) is 4. The molecule has 0 atom stereocenters. The molecule has 0 bridgehead atoms. The van der Waals surface area contributed by atoms with Crippen LogP contribution in [0.4, 0.5) is 5.69 Å². The Labute approximate surface area is 99.5 Å². The maximum atomic E-state index is 11.8. The van der Waals surface area contributed by atoms with Crippen molar-refractivity contribution in [2.45, 2.75) is 0 Å². The van der Waals surface area contributed by atoms with Gasteiger partial charge in [-0.2, -0.15) is 0 Å². The van der Waals surface area contributed by atoms with Crippen molar-refractivity contribution >= 4 is 16.6 Å². The minimum atomic E-state index is -0.0169. The number of hydrogen-bond donors (Lipinski definition) is 2. The Morgan fingerprint density at radius 2 is 2.18 bits per heavy atom. The minimum absolute atomic E-state index is 0.0169. The molecule has 0 fully saturated rings. The molecule has 2 aromatic rings. The van der Waals surface area contributed by atoms with Crippen LogP contribution < -0.4 is 16.2 Å². The van der Waals surface area contributed by atoms with E-state index in [1.807, 2.05) is 25.2 Å². The third kappa shape index (κ3) is 2.45. The summed E-state index contributed by atoms with van der Waals surface area (Å²) in [5.74, 6) is 0. The van der Waals surface area contributed by atoms with E-state index in [4.69, 9.17) is 0 Å². The monoisotopic (exact) mass is 232 g/mol. The molecular weight excluding hydrogens is 216 g/mol. The first kappa shape index (κ1) is 11.6. The number of rotatable bonds is 4. The molecule has 5 nitrogen and oxygen atoms in total. The van der Waals surface area contributed by atoms with Gasteiger partial charge in [-0.1, -0.05) is 0 Å². The van der Waals surface area contributed by atoms with Crippen molar-refractivity contribution in [1.29, 1.82) is 0 Å². The molecule has 90 valence electrons. The molecule has 5 heteroatoms. The number of anilines is 1. The summed E-state index contributed by atoms with van der Waals surface area (Å²) in [7, 11) is 3.61. The number of nitrogens with zero attached hydrogens (tertiary/aromatic N) is 2. The zero-order valence-electron chi connectivity index (χ0n) is 10.0. The predicted octanol–water partition coefficient (Wildman–Crippen LogP) is 0.565. The summed E-state index contributed by atoms with van der Waals surface area (Å²) >= 11 is 0. The smallest absolute Gasteiger partial charge is 0.260 e. The van der Waals surface area contributed by atoms with Crippen LogP contribution in [0.2, 0.25) is 0 Å². The molecule has 1 heterocycles. The standard InChI is InChI=1S/C12H16N4O/c1-13-5-6-14-9-3-4-10-11(7-9)15-8-16(2)12(10)17/h3-4,7-8,13-14H,5-6H2,1-2H3. The lowest BCUT2D eigenvalue weighted by molar-refractivity contribution is 0.823. The van der Waals surface area contributed by atoms with Crippen molar-refractivity contribution in [1.82, 2.24) is 14.9 Å². The van der Waals surface area contributed by atoms with E-state index in [9.17, 15) is 4.79 Å². The summed E-state index contributed by atoms with van der Waals surface area (Å²) in [6.07, 6.45) is 1.54. The van der Waals surface area contributed by atoms with Crippen molar-refractivity contribution in [3.05, 3.63) is 34.9 Å². The number of fused-ring (bicyclic) bond motifs is 1. The van der Waals surface area contributed by atoms with Crippen molar-refractivity contribution in [3.63, 3.8) is 0 Å². The Balaban J connectivity index is 2.32. The van der Waals surface area contributed by atoms with Crippen LogP contribution in [0.5, 0.6) is 0 Å². The lowest BCUT2D eigenvalue weighted by atomic mass is 10.2. The van der Waals surface area contributed by atoms with Gasteiger partial charge < -0.3 is 15.2 Å². The van der Waals surface area contributed by atoms with Gasteiger partial charge in [0.1, 0.15) is 0 Å². The largest absolute Gasteiger partial charge is 0.384 e. The molecule has 2 rings (SSSR count). The van der Waals surface area contributed by atoms with Crippen LogP contribution >= 0.6 is 0 Å². The highest BCUT2D eigenvalue weighted by molar-refractivity contribution is 5.81. The molecule has 0 aliphatic rings. The molecule has 17 heavy (non-hydrogen) atoms. The van der Waals surface area contributed by atoms with E-state index < -0.39 is 0 Å². The molecule has 0 saturated heterocycles. The Morgan fingerprint density at radius 3 is 2.94 bits per heavy atom. The first-order chi connectivity index (χ1) is 8.22. The van der Waals surface area contributed by atoms with Crippen LogP contribution in [0.1, 0.15) is 0 Å². The summed E-state index contributed by atoms with van der Waals surface area (Å²) in [4.78, 5) is 16.0. The third-order valence-corrected chi connectivity index (χ3v) is 2.62. The molecule has 0 saturated carbocycles. The van der Waals surface area contributed by atoms with Crippen molar-refractivity contribution in [2.24, 2.45) is 7.05 Å². The fraction of sp³-hybridized carbons (Fsp3) is 0.333. The van der Waals surface area contributed by atoms with Gasteiger partial charge in [-0.05, 0) is 25.2 Å². The van der Waals surface area contributed by atoms with Gasteiger partial charge in [-0.15, -0.1) is 0 Å². The first-order valence-electron chi connectivity index (χ1n) is 5.56. The molecule has 2 N–H and O–H groups in total. The van der Waals surface area contributed by atoms with Gasteiger partial charge in [0, 0.05) is 25.8 Å². The summed E-state index contributed by atoms with van der Waals surface area (Å²) in [6, 6.07) is 5.61. The van der Waals surface area contributed by atoms with Crippen LogP contribution in [0, 0.1) is 0 Å². The third-order valence-electron chi connectivity index (χ3n) is 2.62. The van der Waals surface area contributed by atoms with Crippen LogP contribution in [-0.2, 0) is 7.05 Å². The van der Waals surface area contributed by atoms with Gasteiger partial charge in [-0.25, -0.2) is 4.98 Å². The van der Waals surface area contributed by atoms with Crippen LogP contribution in [0.25, 0.3) is 10.9 Å². The highest BCUT2D eigenvalue weighted by Gasteiger charge is 2.02. The van der Waals surface area contributed by atoms with Crippen molar-refractivity contribution < 1.29 is 0 Å². The molecule has 1 aromatic heterocycles. The number of nitrogens with one attached hydrogen (secondary N) is 2. The van der Waals surface area contributed by atoms with E-state index in [0.29, 0.717) is 5.39 Å². The fourth-order valence-corrected chi connectivity index (χ4v) is 1.65. The van der Waals surface area contributed by atoms with E-state index in [2.05, 4.69) is 15.6 Å². The maximum absolute atomic E-state index is 11.8. The lowest BCUT2D eigenvalue weighted by Gasteiger charge is -2.07. The number of aryl methyl sites for hydroxylation is 1. The number of likely N-dealkylation sites (N-methyl/N-ethyl adjacent to an activating group) is 1. The lowest BCUT2D eigenvalue weighted by Crippen LogP contribution is -2.18. The average molecular weight is 232 g/mol. The Hall–Kier alpha value is -1.88. The van der Waals surface area contributed by atoms with E-state index in [0.717, 1.165) is 24.3 Å². The highest BCUT2D eigenvalue weighted by Crippen LogP contribution is 2.13. The molecule has 0 aliphatic heterocycles. The maximum Gasteiger partial charge on any atom is 0.260 e. The number of aromatic nitrogens is 2. The second-order valence-corrected chi connectivity index (χ2v) is 3.92. The summed E-state index contributed by atoms with van der Waals surface area (Å²) in [5, 5.41) is 6.97. The van der Waals surface area contributed by atoms with E-state index in [-0.39, 0.29) is 5.56 Å². The Bertz CT molecular complexity index is 576. The first-order valence-corrected chi connectivity index (χ1v) is 5.56. The second-order valence-electron chi connectivity index (χ2n) is 3.92. The van der Waals surface area contributed by atoms with E-state index >= 15 is 0 Å². The van der Waals surface area contributed by atoms with Gasteiger partial charge in [0.25, 0.3) is 5.56 Å². The zero-order chi connectivity index (χ0) is 12.3. The second kappa shape index (κ2) is 4.97. The molecule has 0 aliphatic carbocycles. The molecule has 0 spiro atoms. The molecule has 0 radical (unpaired) electrons. The van der Waals surface area contributed by atoms with Crippen LogP contribution in [0.3, 0.4) is 0 Å². The Kier molecular flexibility index (Phi) is 3.39. The Morgan fingerprint density at radius 1 is 1.35 bits per heavy atom. The molecule has 0 amide bonds. The minimum Gasteiger partial charge on any atom is -0.384 e. The van der Waals surface area contributed by atoms with E-state index in [1.54, 1.807) is 13.4 Å². The SMILES string of the molecule is CNCCNc1ccc2c(=O)n(C)cnc2c1. The van der Waals surface area contributed by atoms with Gasteiger partial charge in [-0.3, -0.25) is 4.79 Å². The zero-order valence-corrected chi connectivity index (χ0v) is 10.0. The van der Waals surface area contributed by atoms with Gasteiger partial charge in [0.05, 0.1) is 17.2 Å². The van der Waals surface area contributed by atoms with E-state index in [1.165, 1.54) is 4.57 Å². The van der Waals surface area contributed by atoms with Gasteiger partial charge in [0.2, 0.25) is 0 Å². The van der Waals surface area contributed by atoms with Crippen molar-refractivity contribution in [3.8, 4) is 0 Å². The molecule has 1 aromatic carbocycles. The fourth-order valence-electron chi connectivity index (χ4n) is 1.65. The van der Waals surface area contributed by atoms with Gasteiger partial charge >= 0.3 is 0 Å². The molecular formula is C12H16N4O. The average Bonchev–Trinajstić information content (AvgIpc) is 2.34. The highest BCUT2D eigenvalue weighted by atomic mass is 16.1. The predicted molar refractivity (Wildman–Crippen MR) is 69.4 cm³/mol. The summed E-state index contributed by atoms with van der Waals surface area (Å²) in [5.41, 5.74) is 1.69. The summed E-state index contributed by atoms with van der Waals surface area (Å²) in [6.45, 7) is 1.73.